The minimum absolute atomic E-state index is 0.440. The number of aromatic nitrogens is 2. The molecule has 1 aromatic heterocycles. The van der Waals surface area contributed by atoms with Gasteiger partial charge >= 0.3 is 0 Å². The van der Waals surface area contributed by atoms with Crippen LogP contribution in [0.2, 0.25) is 0 Å². The van der Waals surface area contributed by atoms with Gasteiger partial charge in [-0.1, -0.05) is 32.6 Å². The summed E-state index contributed by atoms with van der Waals surface area (Å²) in [6, 6.07) is 0.440. The van der Waals surface area contributed by atoms with E-state index in [0.29, 0.717) is 11.9 Å². The van der Waals surface area contributed by atoms with Gasteiger partial charge in [0.05, 0.1) is 12.4 Å². The van der Waals surface area contributed by atoms with Gasteiger partial charge in [0.25, 0.3) is 0 Å². The molecule has 0 radical (unpaired) electrons. The monoisotopic (exact) mass is 222 g/mol. The van der Waals surface area contributed by atoms with Crippen molar-refractivity contribution in [3.8, 4) is 0 Å². The second-order valence-electron chi connectivity index (χ2n) is 4.22. The van der Waals surface area contributed by atoms with Gasteiger partial charge in [0.15, 0.2) is 0 Å². The second-order valence-corrected chi connectivity index (χ2v) is 4.22. The highest BCUT2D eigenvalue weighted by Gasteiger charge is 2.02. The van der Waals surface area contributed by atoms with Crippen LogP contribution >= 0.6 is 0 Å². The van der Waals surface area contributed by atoms with E-state index in [2.05, 4.69) is 29.1 Å². The standard InChI is InChI=1S/C12H22N4/c1-3-4-5-6-7-10(2)16-12-9-14-11(13)8-15-12/h8-10H,3-7H2,1-2H3,(H2,13,14)(H,15,16). The van der Waals surface area contributed by atoms with Gasteiger partial charge in [-0.2, -0.15) is 0 Å². The summed E-state index contributed by atoms with van der Waals surface area (Å²) in [5.74, 6) is 1.26. The lowest BCUT2D eigenvalue weighted by atomic mass is 10.1. The van der Waals surface area contributed by atoms with E-state index in [1.54, 1.807) is 12.4 Å². The molecule has 0 aromatic carbocycles. The molecule has 1 heterocycles. The summed E-state index contributed by atoms with van der Waals surface area (Å²) in [4.78, 5) is 8.16. The van der Waals surface area contributed by atoms with Gasteiger partial charge in [-0.3, -0.25) is 0 Å². The molecule has 1 atom stereocenters. The molecule has 90 valence electrons. The lowest BCUT2D eigenvalue weighted by molar-refractivity contribution is 0.593. The van der Waals surface area contributed by atoms with Gasteiger partial charge in [-0.15, -0.1) is 0 Å². The fourth-order valence-electron chi connectivity index (χ4n) is 1.61. The van der Waals surface area contributed by atoms with Gasteiger partial charge in [0, 0.05) is 6.04 Å². The number of nitrogens with one attached hydrogen (secondary N) is 1. The van der Waals surface area contributed by atoms with Gasteiger partial charge in [-0.05, 0) is 13.3 Å². The molecule has 4 nitrogen and oxygen atoms in total. The topological polar surface area (TPSA) is 63.8 Å². The summed E-state index contributed by atoms with van der Waals surface area (Å²) in [7, 11) is 0. The van der Waals surface area contributed by atoms with E-state index in [1.165, 1.54) is 32.1 Å². The van der Waals surface area contributed by atoms with E-state index >= 15 is 0 Å². The zero-order chi connectivity index (χ0) is 11.8. The molecule has 0 saturated carbocycles. The van der Waals surface area contributed by atoms with Gasteiger partial charge in [0.2, 0.25) is 0 Å². The van der Waals surface area contributed by atoms with Crippen LogP contribution in [-0.4, -0.2) is 16.0 Å². The Bertz CT molecular complexity index is 284. The summed E-state index contributed by atoms with van der Waals surface area (Å²) in [6.45, 7) is 4.40. The number of rotatable bonds is 7. The van der Waals surface area contributed by atoms with E-state index in [9.17, 15) is 0 Å². The average molecular weight is 222 g/mol. The number of anilines is 2. The maximum absolute atomic E-state index is 5.47. The molecule has 16 heavy (non-hydrogen) atoms. The molecule has 0 fully saturated rings. The molecule has 4 heteroatoms. The molecule has 1 rings (SSSR count). The van der Waals surface area contributed by atoms with Crippen molar-refractivity contribution < 1.29 is 0 Å². The Balaban J connectivity index is 2.23. The van der Waals surface area contributed by atoms with Gasteiger partial charge < -0.3 is 11.1 Å². The molecule has 0 spiro atoms. The van der Waals surface area contributed by atoms with E-state index in [4.69, 9.17) is 5.73 Å². The first-order valence-electron chi connectivity index (χ1n) is 6.06. The van der Waals surface area contributed by atoms with Crippen LogP contribution in [-0.2, 0) is 0 Å². The summed E-state index contributed by atoms with van der Waals surface area (Å²) in [6.07, 6.45) is 9.62. The normalized spacial score (nSPS) is 12.4. The van der Waals surface area contributed by atoms with E-state index in [1.807, 2.05) is 0 Å². The smallest absolute Gasteiger partial charge is 0.144 e. The third-order valence-corrected chi connectivity index (χ3v) is 2.56. The van der Waals surface area contributed by atoms with Crippen molar-refractivity contribution in [3.05, 3.63) is 12.4 Å². The predicted octanol–water partition coefficient (Wildman–Crippen LogP) is 2.83. The first kappa shape index (κ1) is 12.7. The fraction of sp³-hybridized carbons (Fsp3) is 0.667. The molecule has 0 aliphatic heterocycles. The Labute approximate surface area is 97.7 Å². The lowest BCUT2D eigenvalue weighted by Crippen LogP contribution is -2.16. The van der Waals surface area contributed by atoms with Crippen molar-refractivity contribution in [3.63, 3.8) is 0 Å². The molecule has 0 aliphatic carbocycles. The highest BCUT2D eigenvalue weighted by Crippen LogP contribution is 2.10. The van der Waals surface area contributed by atoms with Crippen LogP contribution in [0.25, 0.3) is 0 Å². The quantitative estimate of drug-likeness (QED) is 0.696. The minimum atomic E-state index is 0.440. The Hall–Kier alpha value is -1.32. The van der Waals surface area contributed by atoms with Crippen LogP contribution in [0.3, 0.4) is 0 Å². The van der Waals surface area contributed by atoms with Gasteiger partial charge in [-0.25, -0.2) is 9.97 Å². The zero-order valence-electron chi connectivity index (χ0n) is 10.2. The van der Waals surface area contributed by atoms with Crippen LogP contribution in [0.15, 0.2) is 12.4 Å². The molecule has 3 N–H and O–H groups in total. The van der Waals surface area contributed by atoms with E-state index in [-0.39, 0.29) is 0 Å². The molecule has 0 bridgehead atoms. The minimum Gasteiger partial charge on any atom is -0.382 e. The first-order valence-corrected chi connectivity index (χ1v) is 6.06. The summed E-state index contributed by atoms with van der Waals surface area (Å²) >= 11 is 0. The second kappa shape index (κ2) is 7.04. The summed E-state index contributed by atoms with van der Waals surface area (Å²) in [5, 5.41) is 3.32. The van der Waals surface area contributed by atoms with Crippen molar-refractivity contribution >= 4 is 11.6 Å². The predicted molar refractivity (Wildman–Crippen MR) is 68.3 cm³/mol. The maximum atomic E-state index is 5.47. The zero-order valence-corrected chi connectivity index (χ0v) is 10.2. The number of unbranched alkanes of at least 4 members (excludes halogenated alkanes) is 3. The molecule has 1 unspecified atom stereocenters. The number of nitrogen functional groups attached to an aromatic ring is 1. The van der Waals surface area contributed by atoms with Crippen LogP contribution < -0.4 is 11.1 Å². The van der Waals surface area contributed by atoms with E-state index in [0.717, 1.165) is 5.82 Å². The molecular weight excluding hydrogens is 200 g/mol. The summed E-state index contributed by atoms with van der Waals surface area (Å²) in [5.41, 5.74) is 5.47. The van der Waals surface area contributed by atoms with Crippen LogP contribution in [0.1, 0.15) is 46.0 Å². The van der Waals surface area contributed by atoms with Crippen molar-refractivity contribution in [1.82, 2.24) is 9.97 Å². The molecule has 0 aliphatic rings. The largest absolute Gasteiger partial charge is 0.382 e. The summed E-state index contributed by atoms with van der Waals surface area (Å²) < 4.78 is 0. The number of nitrogens with two attached hydrogens (primary N) is 1. The Morgan fingerprint density at radius 2 is 2.06 bits per heavy atom. The number of hydrogen-bond donors (Lipinski definition) is 2. The maximum Gasteiger partial charge on any atom is 0.144 e. The van der Waals surface area contributed by atoms with Crippen molar-refractivity contribution in [2.24, 2.45) is 0 Å². The third-order valence-electron chi connectivity index (χ3n) is 2.56. The van der Waals surface area contributed by atoms with E-state index < -0.39 is 0 Å². The van der Waals surface area contributed by atoms with Crippen LogP contribution in [0.5, 0.6) is 0 Å². The fourth-order valence-corrected chi connectivity index (χ4v) is 1.61. The first-order chi connectivity index (χ1) is 7.72. The number of hydrogen-bond acceptors (Lipinski definition) is 4. The van der Waals surface area contributed by atoms with Crippen LogP contribution in [0, 0.1) is 0 Å². The highest BCUT2D eigenvalue weighted by molar-refractivity contribution is 5.36. The average Bonchev–Trinajstić information content (AvgIpc) is 2.28. The van der Waals surface area contributed by atoms with Crippen LogP contribution in [0.4, 0.5) is 11.6 Å². The third kappa shape index (κ3) is 4.96. The molecular formula is C12H22N4. The van der Waals surface area contributed by atoms with Crippen molar-refractivity contribution in [2.75, 3.05) is 11.1 Å². The Kier molecular flexibility index (Phi) is 5.61. The highest BCUT2D eigenvalue weighted by atomic mass is 15.0. The van der Waals surface area contributed by atoms with Gasteiger partial charge in [0.1, 0.15) is 11.6 Å². The van der Waals surface area contributed by atoms with Crippen molar-refractivity contribution in [2.45, 2.75) is 52.0 Å². The lowest BCUT2D eigenvalue weighted by Gasteiger charge is -2.13. The molecule has 1 aromatic rings. The molecule has 0 amide bonds. The Morgan fingerprint density at radius 1 is 1.25 bits per heavy atom. The Morgan fingerprint density at radius 3 is 2.69 bits per heavy atom. The number of nitrogens with zero attached hydrogens (tertiary/aromatic N) is 2. The molecule has 0 saturated heterocycles. The van der Waals surface area contributed by atoms with Crippen molar-refractivity contribution in [1.29, 1.82) is 0 Å². The SMILES string of the molecule is CCCCCCC(C)Nc1cnc(N)cn1.